The zero-order valence-corrected chi connectivity index (χ0v) is 17.4. The number of aryl methyl sites for hydroxylation is 1. The van der Waals surface area contributed by atoms with Crippen LogP contribution < -0.4 is 0 Å². The van der Waals surface area contributed by atoms with Gasteiger partial charge in [0.1, 0.15) is 5.76 Å². The lowest BCUT2D eigenvalue weighted by Gasteiger charge is -2.30. The molecule has 0 spiro atoms. The zero-order valence-electron chi connectivity index (χ0n) is 15.0. The van der Waals surface area contributed by atoms with E-state index in [1.54, 1.807) is 6.08 Å². The first-order chi connectivity index (χ1) is 13.1. The monoisotopic (exact) mass is 445 g/mol. The molecule has 4 rings (SSSR count). The standard InChI is InChI=1S/C20H20BrN3O2S/c1-13-6-5-9-18(22-13)23-20-24(14-7-3-2-4-8-14)19(25)16(27-20)12-15-10-11-17(21)26-15/h5-6,9-12,14H,2-4,7-8H2,1H3/b16-12+,23-20+. The van der Waals surface area contributed by atoms with Crippen molar-refractivity contribution in [3.8, 4) is 0 Å². The van der Waals surface area contributed by atoms with Crippen molar-refractivity contribution in [3.63, 3.8) is 0 Å². The lowest BCUT2D eigenvalue weighted by atomic mass is 9.94. The Morgan fingerprint density at radius 1 is 1.26 bits per heavy atom. The topological polar surface area (TPSA) is 58.7 Å². The van der Waals surface area contributed by atoms with Crippen molar-refractivity contribution in [1.29, 1.82) is 0 Å². The molecule has 1 saturated carbocycles. The zero-order chi connectivity index (χ0) is 18.8. The Morgan fingerprint density at radius 2 is 2.07 bits per heavy atom. The summed E-state index contributed by atoms with van der Waals surface area (Å²) in [5.74, 6) is 1.29. The number of amides is 1. The molecule has 1 amide bonds. The number of carbonyl (C=O) groups is 1. The summed E-state index contributed by atoms with van der Waals surface area (Å²) in [7, 11) is 0. The summed E-state index contributed by atoms with van der Waals surface area (Å²) in [5.41, 5.74) is 0.909. The molecule has 0 aromatic carbocycles. The van der Waals surface area contributed by atoms with Crippen molar-refractivity contribution in [2.45, 2.75) is 45.1 Å². The molecule has 2 aromatic rings. The Bertz CT molecular complexity index is 915. The van der Waals surface area contributed by atoms with Crippen LogP contribution in [-0.4, -0.2) is 27.0 Å². The summed E-state index contributed by atoms with van der Waals surface area (Å²) in [5, 5.41) is 0.710. The summed E-state index contributed by atoms with van der Waals surface area (Å²) in [6.07, 6.45) is 7.37. The number of aliphatic imine (C=N–C) groups is 1. The van der Waals surface area contributed by atoms with Crippen molar-refractivity contribution in [2.24, 2.45) is 4.99 Å². The van der Waals surface area contributed by atoms with Crippen LogP contribution >= 0.6 is 27.7 Å². The molecular formula is C20H20BrN3O2S. The molecule has 1 aliphatic heterocycles. The summed E-state index contributed by atoms with van der Waals surface area (Å²) in [4.78, 5) is 24.9. The van der Waals surface area contributed by atoms with Gasteiger partial charge in [0.2, 0.25) is 0 Å². The molecule has 0 unspecified atom stereocenters. The highest BCUT2D eigenvalue weighted by Crippen LogP contribution is 2.38. The summed E-state index contributed by atoms with van der Waals surface area (Å²) in [6.45, 7) is 1.94. The van der Waals surface area contributed by atoms with E-state index in [-0.39, 0.29) is 11.9 Å². The summed E-state index contributed by atoms with van der Waals surface area (Å²) >= 11 is 4.70. The maximum absolute atomic E-state index is 13.2. The van der Waals surface area contributed by atoms with Crippen molar-refractivity contribution < 1.29 is 9.21 Å². The van der Waals surface area contributed by atoms with Gasteiger partial charge in [-0.25, -0.2) is 9.98 Å². The van der Waals surface area contributed by atoms with Gasteiger partial charge in [0.05, 0.1) is 4.91 Å². The van der Waals surface area contributed by atoms with Gasteiger partial charge in [-0.1, -0.05) is 25.3 Å². The van der Waals surface area contributed by atoms with Gasteiger partial charge in [-0.05, 0) is 71.7 Å². The molecule has 1 aliphatic carbocycles. The van der Waals surface area contributed by atoms with Gasteiger partial charge in [0.15, 0.2) is 15.7 Å². The SMILES string of the molecule is Cc1cccc(/N=C2/S/C(=C/c3ccc(Br)o3)C(=O)N2C2CCCCC2)n1. The molecule has 0 atom stereocenters. The van der Waals surface area contributed by atoms with Gasteiger partial charge in [-0.15, -0.1) is 0 Å². The highest BCUT2D eigenvalue weighted by Gasteiger charge is 2.38. The molecule has 5 nitrogen and oxygen atoms in total. The number of nitrogens with zero attached hydrogens (tertiary/aromatic N) is 3. The van der Waals surface area contributed by atoms with E-state index in [1.807, 2.05) is 42.2 Å². The minimum Gasteiger partial charge on any atom is -0.450 e. The maximum Gasteiger partial charge on any atom is 0.267 e. The number of pyridine rings is 1. The Hall–Kier alpha value is -1.86. The number of halogens is 1. The van der Waals surface area contributed by atoms with Crippen molar-refractivity contribution in [2.75, 3.05) is 0 Å². The highest BCUT2D eigenvalue weighted by atomic mass is 79.9. The lowest BCUT2D eigenvalue weighted by molar-refractivity contribution is -0.124. The predicted molar refractivity (Wildman–Crippen MR) is 112 cm³/mol. The van der Waals surface area contributed by atoms with Crippen molar-refractivity contribution in [3.05, 3.63) is 51.4 Å². The fourth-order valence-electron chi connectivity index (χ4n) is 3.45. The minimum atomic E-state index is 0.00539. The van der Waals surface area contributed by atoms with Crippen LogP contribution in [0, 0.1) is 6.92 Å². The Balaban J connectivity index is 1.70. The number of hydrogen-bond donors (Lipinski definition) is 0. The van der Waals surface area contributed by atoms with E-state index in [2.05, 4.69) is 20.9 Å². The van der Waals surface area contributed by atoms with Crippen LogP contribution in [0.4, 0.5) is 5.82 Å². The third-order valence-corrected chi connectivity index (χ3v) is 6.14. The van der Waals surface area contributed by atoms with E-state index in [9.17, 15) is 4.79 Å². The number of carbonyl (C=O) groups excluding carboxylic acids is 1. The molecule has 140 valence electrons. The summed E-state index contributed by atoms with van der Waals surface area (Å²) < 4.78 is 6.19. The Labute approximate surface area is 171 Å². The molecule has 2 aliphatic rings. The number of amidine groups is 1. The molecule has 2 fully saturated rings. The van der Waals surface area contributed by atoms with E-state index in [0.29, 0.717) is 26.3 Å². The van der Waals surface area contributed by atoms with Gasteiger partial charge >= 0.3 is 0 Å². The average Bonchev–Trinajstić information content (AvgIpc) is 3.19. The van der Waals surface area contributed by atoms with E-state index >= 15 is 0 Å². The van der Waals surface area contributed by atoms with Gasteiger partial charge in [-0.3, -0.25) is 9.69 Å². The maximum atomic E-state index is 13.2. The van der Waals surface area contributed by atoms with E-state index in [4.69, 9.17) is 9.41 Å². The lowest BCUT2D eigenvalue weighted by Crippen LogP contribution is -2.40. The van der Waals surface area contributed by atoms with Crippen molar-refractivity contribution in [1.82, 2.24) is 9.88 Å². The first-order valence-electron chi connectivity index (χ1n) is 9.11. The predicted octanol–water partition coefficient (Wildman–Crippen LogP) is 5.68. The minimum absolute atomic E-state index is 0.00539. The van der Waals surface area contributed by atoms with Crippen LogP contribution in [0.25, 0.3) is 6.08 Å². The second kappa shape index (κ2) is 8.02. The second-order valence-electron chi connectivity index (χ2n) is 6.75. The van der Waals surface area contributed by atoms with Crippen LogP contribution in [0.1, 0.15) is 43.6 Å². The number of furan rings is 1. The quantitative estimate of drug-likeness (QED) is 0.569. The normalized spacial score (nSPS) is 21.6. The number of aromatic nitrogens is 1. The first-order valence-corrected chi connectivity index (χ1v) is 10.7. The molecule has 3 heterocycles. The molecule has 27 heavy (non-hydrogen) atoms. The molecular weight excluding hydrogens is 426 g/mol. The molecule has 0 radical (unpaired) electrons. The number of rotatable bonds is 3. The van der Waals surface area contributed by atoms with Crippen LogP contribution in [0.2, 0.25) is 0 Å². The molecule has 2 aromatic heterocycles. The first kappa shape index (κ1) is 18.5. The largest absolute Gasteiger partial charge is 0.450 e. The summed E-state index contributed by atoms with van der Waals surface area (Å²) in [6, 6.07) is 9.61. The number of hydrogen-bond acceptors (Lipinski definition) is 5. The van der Waals surface area contributed by atoms with Gasteiger partial charge < -0.3 is 4.42 Å². The average molecular weight is 446 g/mol. The van der Waals surface area contributed by atoms with Gasteiger partial charge in [0, 0.05) is 17.8 Å². The third kappa shape index (κ3) is 4.19. The van der Waals surface area contributed by atoms with E-state index in [1.165, 1.54) is 18.2 Å². The Kier molecular flexibility index (Phi) is 5.50. The smallest absolute Gasteiger partial charge is 0.267 e. The van der Waals surface area contributed by atoms with Crippen LogP contribution in [0.5, 0.6) is 0 Å². The van der Waals surface area contributed by atoms with Crippen LogP contribution in [0.15, 0.2) is 49.3 Å². The molecule has 0 N–H and O–H groups in total. The fourth-order valence-corrected chi connectivity index (χ4v) is 4.80. The Morgan fingerprint density at radius 3 is 2.78 bits per heavy atom. The fraction of sp³-hybridized carbons (Fsp3) is 0.350. The van der Waals surface area contributed by atoms with E-state index < -0.39 is 0 Å². The highest BCUT2D eigenvalue weighted by molar-refractivity contribution is 9.10. The molecule has 1 saturated heterocycles. The molecule has 7 heteroatoms. The van der Waals surface area contributed by atoms with Crippen molar-refractivity contribution >= 4 is 50.7 Å². The van der Waals surface area contributed by atoms with Gasteiger partial charge in [-0.2, -0.15) is 0 Å². The molecule has 0 bridgehead atoms. The van der Waals surface area contributed by atoms with Gasteiger partial charge in [0.25, 0.3) is 5.91 Å². The third-order valence-electron chi connectivity index (χ3n) is 4.73. The van der Waals surface area contributed by atoms with E-state index in [0.717, 1.165) is 31.4 Å². The number of thioether (sulfide) groups is 1. The van der Waals surface area contributed by atoms with Crippen LogP contribution in [-0.2, 0) is 4.79 Å². The second-order valence-corrected chi connectivity index (χ2v) is 8.54. The van der Waals surface area contributed by atoms with Crippen LogP contribution in [0.3, 0.4) is 0 Å².